The van der Waals surface area contributed by atoms with Gasteiger partial charge >= 0.3 is 0 Å². The number of aromatic nitrogens is 4. The van der Waals surface area contributed by atoms with Crippen LogP contribution in [0.5, 0.6) is 5.75 Å². The molecule has 60 heavy (non-hydrogen) atoms. The Balaban J connectivity index is 0.00000462. The number of benzene rings is 6. The minimum absolute atomic E-state index is 0. The van der Waals surface area contributed by atoms with Gasteiger partial charge in [-0.25, -0.2) is 4.98 Å². The van der Waals surface area contributed by atoms with Gasteiger partial charge in [0.2, 0.25) is 0 Å². The van der Waals surface area contributed by atoms with E-state index < -0.39 is 0 Å². The number of para-hydroxylation sites is 1. The molecule has 4 heterocycles. The molecule has 300 valence electrons. The first-order valence-electron chi connectivity index (χ1n) is 20.5. The fourth-order valence-corrected chi connectivity index (χ4v) is 8.97. The standard InChI is InChI=1S/C54H47N4O.Pt/c1-32-23-24-44(40(26-32)34-16-10-9-11-17-34)58-46-21-14-20-38(48(46)56-52(58)42-29-37(53(3,4)5)30-43(51(42)59)54(6,7)8)36-27-33(2)47-41(28-36)49-50(57-25-15-22-45(47)57)39-19-13-12-18-35(39)31-55-49;/h9-27,29-31,59H,1-8H3;/q-1;. The summed E-state index contributed by atoms with van der Waals surface area (Å²) in [7, 11) is 0. The molecule has 6 heteroatoms. The van der Waals surface area contributed by atoms with Crippen molar-refractivity contribution in [2.75, 3.05) is 0 Å². The summed E-state index contributed by atoms with van der Waals surface area (Å²) in [4.78, 5) is 10.7. The molecule has 4 aromatic heterocycles. The zero-order valence-corrected chi connectivity index (χ0v) is 37.5. The van der Waals surface area contributed by atoms with Gasteiger partial charge in [-0.05, 0) is 65.3 Å². The average Bonchev–Trinajstić information content (AvgIpc) is 3.86. The number of imidazole rings is 1. The van der Waals surface area contributed by atoms with Gasteiger partial charge in [0.1, 0.15) is 11.6 Å². The summed E-state index contributed by atoms with van der Waals surface area (Å²) in [5.41, 5.74) is 14.6. The zero-order valence-electron chi connectivity index (χ0n) is 35.3. The second-order valence-corrected chi connectivity index (χ2v) is 18.2. The maximum absolute atomic E-state index is 12.4. The number of hydrogen-bond acceptors (Lipinski definition) is 3. The van der Waals surface area contributed by atoms with Crippen LogP contribution in [-0.2, 0) is 31.9 Å². The third kappa shape index (κ3) is 6.25. The Morgan fingerprint density at radius 3 is 2.18 bits per heavy atom. The summed E-state index contributed by atoms with van der Waals surface area (Å²) in [6.07, 6.45) is 4.12. The van der Waals surface area contributed by atoms with Gasteiger partial charge in [0.25, 0.3) is 0 Å². The van der Waals surface area contributed by atoms with Crippen LogP contribution in [0.1, 0.15) is 63.8 Å². The van der Waals surface area contributed by atoms with Crippen molar-refractivity contribution in [1.29, 1.82) is 0 Å². The molecule has 0 atom stereocenters. The van der Waals surface area contributed by atoms with Crippen molar-refractivity contribution in [3.8, 4) is 45.1 Å². The van der Waals surface area contributed by atoms with Gasteiger partial charge in [-0.2, -0.15) is 0 Å². The molecule has 0 saturated carbocycles. The molecule has 5 nitrogen and oxygen atoms in total. The zero-order chi connectivity index (χ0) is 41.0. The van der Waals surface area contributed by atoms with Gasteiger partial charge in [0.15, 0.2) is 0 Å². The largest absolute Gasteiger partial charge is 0.507 e. The second kappa shape index (κ2) is 14.3. The van der Waals surface area contributed by atoms with Gasteiger partial charge in [-0.15, -0.1) is 23.3 Å². The summed E-state index contributed by atoms with van der Waals surface area (Å²) in [5, 5.41) is 16.8. The molecule has 0 fully saturated rings. The molecule has 0 aliphatic carbocycles. The van der Waals surface area contributed by atoms with Gasteiger partial charge in [-0.1, -0.05) is 149 Å². The van der Waals surface area contributed by atoms with E-state index in [0.29, 0.717) is 11.4 Å². The van der Waals surface area contributed by atoms with Crippen LogP contribution in [0.4, 0.5) is 0 Å². The van der Waals surface area contributed by atoms with Crippen molar-refractivity contribution in [2.24, 2.45) is 0 Å². The Morgan fingerprint density at radius 2 is 1.42 bits per heavy atom. The molecule has 0 amide bonds. The number of nitrogens with zero attached hydrogens (tertiary/aromatic N) is 4. The van der Waals surface area contributed by atoms with Crippen molar-refractivity contribution >= 4 is 49.1 Å². The summed E-state index contributed by atoms with van der Waals surface area (Å²) in [6.45, 7) is 17.5. The molecule has 0 spiro atoms. The second-order valence-electron chi connectivity index (χ2n) is 18.2. The Hall–Kier alpha value is -6.03. The maximum Gasteiger partial charge on any atom is 0.148 e. The first-order chi connectivity index (χ1) is 28.3. The maximum atomic E-state index is 12.4. The van der Waals surface area contributed by atoms with Crippen molar-refractivity contribution in [3.05, 3.63) is 162 Å². The molecular formula is C54H47N4OPt-. The van der Waals surface area contributed by atoms with Crippen molar-refractivity contribution in [1.82, 2.24) is 18.9 Å². The van der Waals surface area contributed by atoms with Crippen LogP contribution in [0.25, 0.3) is 88.5 Å². The van der Waals surface area contributed by atoms with Crippen LogP contribution >= 0.6 is 0 Å². The Morgan fingerprint density at radius 1 is 0.667 bits per heavy atom. The Kier molecular flexibility index (Phi) is 9.41. The van der Waals surface area contributed by atoms with Crippen LogP contribution in [0.2, 0.25) is 0 Å². The first kappa shape index (κ1) is 39.4. The molecule has 6 aromatic carbocycles. The normalized spacial score (nSPS) is 12.3. The molecular weight excluding hydrogens is 916 g/mol. The van der Waals surface area contributed by atoms with E-state index in [-0.39, 0.29) is 37.6 Å². The molecule has 0 aliphatic rings. The number of phenolic OH excluding ortho intramolecular Hbond substituents is 1. The predicted octanol–water partition coefficient (Wildman–Crippen LogP) is 13.8. The van der Waals surface area contributed by atoms with Gasteiger partial charge < -0.3 is 9.51 Å². The van der Waals surface area contributed by atoms with E-state index in [1.807, 2.05) is 6.20 Å². The number of pyridine rings is 2. The Bertz CT molecular complexity index is 3320. The molecule has 1 N–H and O–H groups in total. The number of hydrogen-bond donors (Lipinski definition) is 1. The van der Waals surface area contributed by atoms with Crippen molar-refractivity contribution < 1.29 is 26.2 Å². The summed E-state index contributed by atoms with van der Waals surface area (Å²) in [6, 6.07) is 46.8. The molecule has 0 radical (unpaired) electrons. The first-order valence-corrected chi connectivity index (χ1v) is 20.5. The van der Waals surface area contributed by atoms with E-state index >= 15 is 0 Å². The molecule has 0 bridgehead atoms. The van der Waals surface area contributed by atoms with Gasteiger partial charge in [0.05, 0.1) is 22.3 Å². The van der Waals surface area contributed by atoms with Crippen molar-refractivity contribution in [3.63, 3.8) is 0 Å². The van der Waals surface area contributed by atoms with Gasteiger partial charge in [0, 0.05) is 71.9 Å². The molecule has 10 aromatic rings. The van der Waals surface area contributed by atoms with E-state index in [2.05, 4.69) is 198 Å². The van der Waals surface area contributed by atoms with Crippen LogP contribution in [0, 0.1) is 19.9 Å². The fourth-order valence-electron chi connectivity index (χ4n) is 8.97. The van der Waals surface area contributed by atoms with E-state index in [1.54, 1.807) is 0 Å². The SMILES string of the molecule is Cc1ccc(-n2c(-c3cc(C(C)(C)C)cc(C(C)(C)C)c3O)nc3c(-c4[c-]c5c6ncc7ccccc7c6n6cccc6c5c(C)c4)cccc32)c(-c2ccccc2)c1.[Pt]. The minimum atomic E-state index is -0.313. The van der Waals surface area contributed by atoms with E-state index in [9.17, 15) is 5.11 Å². The molecule has 0 saturated heterocycles. The minimum Gasteiger partial charge on any atom is -0.507 e. The molecule has 10 rings (SSSR count). The van der Waals surface area contributed by atoms with E-state index in [0.717, 1.165) is 93.8 Å². The number of phenols is 1. The topological polar surface area (TPSA) is 55.3 Å². The monoisotopic (exact) mass is 962 g/mol. The quantitative estimate of drug-likeness (QED) is 0.141. The van der Waals surface area contributed by atoms with E-state index in [4.69, 9.17) is 9.97 Å². The van der Waals surface area contributed by atoms with Crippen LogP contribution in [0.15, 0.2) is 134 Å². The van der Waals surface area contributed by atoms with Gasteiger partial charge in [-0.3, -0.25) is 9.55 Å². The average molecular weight is 963 g/mol. The van der Waals surface area contributed by atoms with E-state index in [1.165, 1.54) is 5.56 Å². The van der Waals surface area contributed by atoms with Crippen LogP contribution < -0.4 is 0 Å². The summed E-state index contributed by atoms with van der Waals surface area (Å²) in [5.74, 6) is 0.944. The predicted molar refractivity (Wildman–Crippen MR) is 246 cm³/mol. The molecule has 0 unspecified atom stereocenters. The Labute approximate surface area is 365 Å². The van der Waals surface area contributed by atoms with Crippen LogP contribution in [-0.4, -0.2) is 24.0 Å². The summed E-state index contributed by atoms with van der Waals surface area (Å²) < 4.78 is 4.54. The van der Waals surface area contributed by atoms with Crippen molar-refractivity contribution in [2.45, 2.75) is 66.2 Å². The smallest absolute Gasteiger partial charge is 0.148 e. The number of rotatable bonds is 4. The number of aryl methyl sites for hydroxylation is 2. The fraction of sp³-hybridized carbons (Fsp3) is 0.185. The number of aromatic hydroxyl groups is 1. The molecule has 0 aliphatic heterocycles. The summed E-state index contributed by atoms with van der Waals surface area (Å²) >= 11 is 0. The number of fused-ring (bicyclic) bond motifs is 9. The third-order valence-corrected chi connectivity index (χ3v) is 12.0. The third-order valence-electron chi connectivity index (χ3n) is 12.0. The van der Waals surface area contributed by atoms with Crippen LogP contribution in [0.3, 0.4) is 0 Å².